The molecule has 0 unspecified atom stereocenters. The Balaban J connectivity index is 0.00000200. The van der Waals surface area contributed by atoms with Crippen molar-refractivity contribution in [1.82, 2.24) is 15.6 Å². The Morgan fingerprint density at radius 2 is 2.00 bits per heavy atom. The summed E-state index contributed by atoms with van der Waals surface area (Å²) in [6.07, 6.45) is 4.08. The van der Waals surface area contributed by atoms with E-state index in [0.717, 1.165) is 36.1 Å². The molecular formula is C14H25Cl2N3OS. The molecule has 0 saturated carbocycles. The summed E-state index contributed by atoms with van der Waals surface area (Å²) in [6.45, 7) is 6.85. The predicted molar refractivity (Wildman–Crippen MR) is 92.8 cm³/mol. The normalized spacial score (nSPS) is 15.0. The van der Waals surface area contributed by atoms with Crippen LogP contribution < -0.4 is 10.6 Å². The first-order valence-corrected chi connectivity index (χ1v) is 7.87. The van der Waals surface area contributed by atoms with Gasteiger partial charge in [-0.3, -0.25) is 4.79 Å². The zero-order chi connectivity index (χ0) is 13.7. The number of nitrogens with one attached hydrogen (secondary N) is 2. The van der Waals surface area contributed by atoms with E-state index in [1.165, 1.54) is 17.7 Å². The molecule has 1 aromatic rings. The van der Waals surface area contributed by atoms with E-state index in [4.69, 9.17) is 0 Å². The summed E-state index contributed by atoms with van der Waals surface area (Å²) in [5.74, 6) is 0.875. The summed E-state index contributed by atoms with van der Waals surface area (Å²) in [6, 6.07) is 0. The van der Waals surface area contributed by atoms with E-state index in [-0.39, 0.29) is 30.7 Å². The van der Waals surface area contributed by atoms with E-state index in [2.05, 4.69) is 22.5 Å². The maximum absolute atomic E-state index is 11.8. The highest BCUT2D eigenvalue weighted by molar-refractivity contribution is 7.11. The number of amides is 1. The highest BCUT2D eigenvalue weighted by Crippen LogP contribution is 2.18. The van der Waals surface area contributed by atoms with Gasteiger partial charge in [-0.15, -0.1) is 36.2 Å². The Kier molecular flexibility index (Phi) is 10.2. The molecule has 1 aliphatic rings. The third kappa shape index (κ3) is 6.96. The predicted octanol–water partition coefficient (Wildman–Crippen LogP) is 3.00. The fourth-order valence-electron chi connectivity index (χ4n) is 2.38. The molecular weight excluding hydrogens is 329 g/mol. The molecule has 2 rings (SSSR count). The van der Waals surface area contributed by atoms with Crippen molar-refractivity contribution in [2.24, 2.45) is 5.92 Å². The number of nitrogens with zero attached hydrogens (tertiary/aromatic N) is 1. The molecule has 1 aromatic heterocycles. The lowest BCUT2D eigenvalue weighted by Gasteiger charge is -2.22. The first-order chi connectivity index (χ1) is 9.15. The van der Waals surface area contributed by atoms with Gasteiger partial charge in [0, 0.05) is 11.3 Å². The number of aryl methyl sites for hydroxylation is 2. The average Bonchev–Trinajstić information content (AvgIpc) is 2.74. The molecule has 0 radical (unpaired) electrons. The van der Waals surface area contributed by atoms with Crippen molar-refractivity contribution in [3.05, 3.63) is 15.6 Å². The average molecular weight is 354 g/mol. The minimum atomic E-state index is 0. The number of thiazole rings is 1. The van der Waals surface area contributed by atoms with Crippen LogP contribution in [-0.2, 0) is 11.3 Å². The summed E-state index contributed by atoms with van der Waals surface area (Å²) in [4.78, 5) is 17.5. The highest BCUT2D eigenvalue weighted by atomic mass is 35.5. The Hall–Kier alpha value is -0.360. The van der Waals surface area contributed by atoms with Crippen LogP contribution in [0.1, 0.15) is 41.3 Å². The lowest BCUT2D eigenvalue weighted by molar-refractivity contribution is -0.121. The van der Waals surface area contributed by atoms with Crippen molar-refractivity contribution < 1.29 is 4.79 Å². The number of halogens is 2. The van der Waals surface area contributed by atoms with Gasteiger partial charge >= 0.3 is 0 Å². The van der Waals surface area contributed by atoms with Crippen LogP contribution in [0.15, 0.2) is 0 Å². The van der Waals surface area contributed by atoms with E-state index >= 15 is 0 Å². The van der Waals surface area contributed by atoms with Gasteiger partial charge in [0.05, 0.1) is 12.2 Å². The standard InChI is InChI=1S/C14H23N3OS.2ClH/c1-10-11(2)19-14(17-10)9-16-13(18)4-3-12-5-7-15-8-6-12;;/h12,15H,3-9H2,1-2H3,(H,16,18);2*1H. The molecule has 2 N–H and O–H groups in total. The lowest BCUT2D eigenvalue weighted by Crippen LogP contribution is -2.29. The van der Waals surface area contributed by atoms with Crippen LogP contribution in [0.3, 0.4) is 0 Å². The van der Waals surface area contributed by atoms with Gasteiger partial charge in [-0.25, -0.2) is 4.98 Å². The van der Waals surface area contributed by atoms with Crippen molar-refractivity contribution in [3.63, 3.8) is 0 Å². The molecule has 1 aliphatic heterocycles. The highest BCUT2D eigenvalue weighted by Gasteiger charge is 2.14. The Morgan fingerprint density at radius 1 is 1.33 bits per heavy atom. The zero-order valence-corrected chi connectivity index (χ0v) is 15.1. The van der Waals surface area contributed by atoms with Crippen LogP contribution in [-0.4, -0.2) is 24.0 Å². The van der Waals surface area contributed by atoms with Gasteiger partial charge in [-0.05, 0) is 52.1 Å². The number of carbonyl (C=O) groups is 1. The molecule has 1 amide bonds. The van der Waals surface area contributed by atoms with E-state index in [0.29, 0.717) is 13.0 Å². The second-order valence-electron chi connectivity index (χ2n) is 5.26. The molecule has 21 heavy (non-hydrogen) atoms. The number of rotatable bonds is 5. The van der Waals surface area contributed by atoms with Crippen LogP contribution in [0.5, 0.6) is 0 Å². The van der Waals surface area contributed by atoms with E-state index in [1.807, 2.05) is 6.92 Å². The molecule has 122 valence electrons. The van der Waals surface area contributed by atoms with Crippen molar-refractivity contribution in [1.29, 1.82) is 0 Å². The molecule has 0 bridgehead atoms. The maximum atomic E-state index is 11.8. The lowest BCUT2D eigenvalue weighted by atomic mass is 9.93. The SMILES string of the molecule is Cc1nc(CNC(=O)CCC2CCNCC2)sc1C.Cl.Cl. The Bertz CT molecular complexity index is 414. The molecule has 0 spiro atoms. The summed E-state index contributed by atoms with van der Waals surface area (Å²) in [5.41, 5.74) is 1.07. The molecule has 0 aliphatic carbocycles. The summed E-state index contributed by atoms with van der Waals surface area (Å²) in [7, 11) is 0. The molecule has 1 fully saturated rings. The van der Waals surface area contributed by atoms with Gasteiger partial charge in [0.15, 0.2) is 0 Å². The molecule has 1 saturated heterocycles. The number of aromatic nitrogens is 1. The van der Waals surface area contributed by atoms with E-state index in [1.54, 1.807) is 11.3 Å². The molecule has 7 heteroatoms. The first kappa shape index (κ1) is 20.6. The monoisotopic (exact) mass is 353 g/mol. The van der Waals surface area contributed by atoms with Crippen LogP contribution in [0.25, 0.3) is 0 Å². The Labute approximate surface area is 143 Å². The number of carbonyl (C=O) groups excluding carboxylic acids is 1. The van der Waals surface area contributed by atoms with Crippen molar-refractivity contribution in [2.75, 3.05) is 13.1 Å². The molecule has 0 atom stereocenters. The summed E-state index contributed by atoms with van der Waals surface area (Å²) >= 11 is 1.67. The second-order valence-corrected chi connectivity index (χ2v) is 6.55. The van der Waals surface area contributed by atoms with Gasteiger partial charge in [0.2, 0.25) is 5.91 Å². The van der Waals surface area contributed by atoms with Crippen LogP contribution in [0.2, 0.25) is 0 Å². The molecule has 2 heterocycles. The quantitative estimate of drug-likeness (QED) is 0.855. The topological polar surface area (TPSA) is 54.0 Å². The van der Waals surface area contributed by atoms with E-state index < -0.39 is 0 Å². The maximum Gasteiger partial charge on any atom is 0.220 e. The van der Waals surface area contributed by atoms with Crippen molar-refractivity contribution in [3.8, 4) is 0 Å². The van der Waals surface area contributed by atoms with Gasteiger partial charge < -0.3 is 10.6 Å². The van der Waals surface area contributed by atoms with Gasteiger partial charge in [0.25, 0.3) is 0 Å². The largest absolute Gasteiger partial charge is 0.350 e. The zero-order valence-electron chi connectivity index (χ0n) is 12.6. The minimum absolute atomic E-state index is 0. The van der Waals surface area contributed by atoms with Gasteiger partial charge in [-0.1, -0.05) is 0 Å². The van der Waals surface area contributed by atoms with Gasteiger partial charge in [0.1, 0.15) is 5.01 Å². The van der Waals surface area contributed by atoms with Crippen molar-refractivity contribution in [2.45, 2.75) is 46.1 Å². The second kappa shape index (κ2) is 10.4. The van der Waals surface area contributed by atoms with Crippen molar-refractivity contribution >= 4 is 42.1 Å². The van der Waals surface area contributed by atoms with E-state index in [9.17, 15) is 4.79 Å². The van der Waals surface area contributed by atoms with Gasteiger partial charge in [-0.2, -0.15) is 0 Å². The minimum Gasteiger partial charge on any atom is -0.350 e. The molecule has 4 nitrogen and oxygen atoms in total. The summed E-state index contributed by atoms with van der Waals surface area (Å²) in [5, 5.41) is 7.33. The summed E-state index contributed by atoms with van der Waals surface area (Å²) < 4.78 is 0. The van der Waals surface area contributed by atoms with Crippen LogP contribution in [0, 0.1) is 19.8 Å². The molecule has 0 aromatic carbocycles. The number of hydrogen-bond donors (Lipinski definition) is 2. The van der Waals surface area contributed by atoms with Crippen LogP contribution >= 0.6 is 36.2 Å². The first-order valence-electron chi connectivity index (χ1n) is 7.05. The fourth-order valence-corrected chi connectivity index (χ4v) is 3.26. The third-order valence-corrected chi connectivity index (χ3v) is 4.82. The fraction of sp³-hybridized carbons (Fsp3) is 0.714. The number of hydrogen-bond acceptors (Lipinski definition) is 4. The smallest absolute Gasteiger partial charge is 0.220 e. The van der Waals surface area contributed by atoms with Crippen LogP contribution in [0.4, 0.5) is 0 Å². The Morgan fingerprint density at radius 3 is 2.57 bits per heavy atom. The third-order valence-electron chi connectivity index (χ3n) is 3.75. The number of piperidine rings is 1.